The van der Waals surface area contributed by atoms with Gasteiger partial charge in [0.15, 0.2) is 0 Å². The lowest BCUT2D eigenvalue weighted by Crippen LogP contribution is -2.44. The normalized spacial score (nSPS) is 15.8. The standard InChI is InChI=1S/C23H28N4O4/c1-17-10-12-26(13-11-17)21(18-6-3-2-4-7-18)15-24-22(28)16-25-23(29)19-8-5-9-20(14-19)27(30)31/h2-9,14,17,21H,10-13,15-16H2,1H3,(H,24,28)(H,25,29). The Morgan fingerprint density at radius 3 is 2.48 bits per heavy atom. The number of nitro groups is 1. The first kappa shape index (κ1) is 22.4. The average molecular weight is 425 g/mol. The minimum atomic E-state index is -0.561. The van der Waals surface area contributed by atoms with E-state index in [0.717, 1.165) is 31.5 Å². The molecule has 2 amide bonds. The quantitative estimate of drug-likeness (QED) is 0.501. The summed E-state index contributed by atoms with van der Waals surface area (Å²) in [5, 5.41) is 16.3. The molecule has 3 rings (SSSR count). The number of hydrogen-bond acceptors (Lipinski definition) is 5. The average Bonchev–Trinajstić information content (AvgIpc) is 2.79. The van der Waals surface area contributed by atoms with Crippen LogP contribution < -0.4 is 10.6 Å². The Morgan fingerprint density at radius 2 is 1.81 bits per heavy atom. The van der Waals surface area contributed by atoms with Crippen molar-refractivity contribution in [2.24, 2.45) is 5.92 Å². The fraction of sp³-hybridized carbons (Fsp3) is 0.391. The summed E-state index contributed by atoms with van der Waals surface area (Å²) in [7, 11) is 0. The SMILES string of the molecule is CC1CCN(C(CNC(=O)CNC(=O)c2cccc([N+](=O)[O-])c2)c2ccccc2)CC1. The predicted molar refractivity (Wildman–Crippen MR) is 118 cm³/mol. The molecule has 0 aromatic heterocycles. The third-order valence-electron chi connectivity index (χ3n) is 5.66. The maximum atomic E-state index is 12.4. The monoisotopic (exact) mass is 424 g/mol. The molecule has 2 aromatic rings. The Hall–Kier alpha value is -3.26. The Kier molecular flexibility index (Phi) is 7.72. The molecule has 31 heavy (non-hydrogen) atoms. The molecule has 2 N–H and O–H groups in total. The molecule has 1 atom stereocenters. The molecule has 8 nitrogen and oxygen atoms in total. The first-order valence-corrected chi connectivity index (χ1v) is 10.5. The maximum Gasteiger partial charge on any atom is 0.270 e. The lowest BCUT2D eigenvalue weighted by molar-refractivity contribution is -0.384. The highest BCUT2D eigenvalue weighted by molar-refractivity contribution is 5.96. The molecule has 0 saturated carbocycles. The zero-order valence-corrected chi connectivity index (χ0v) is 17.6. The van der Waals surface area contributed by atoms with Crippen molar-refractivity contribution in [3.05, 3.63) is 75.8 Å². The van der Waals surface area contributed by atoms with Gasteiger partial charge >= 0.3 is 0 Å². The van der Waals surface area contributed by atoms with Crippen LogP contribution in [0.1, 0.15) is 41.7 Å². The molecular weight excluding hydrogens is 396 g/mol. The molecule has 2 aromatic carbocycles. The number of carbonyl (C=O) groups is 2. The van der Waals surface area contributed by atoms with Crippen LogP contribution in [0.15, 0.2) is 54.6 Å². The molecule has 164 valence electrons. The van der Waals surface area contributed by atoms with Gasteiger partial charge in [-0.1, -0.05) is 43.3 Å². The number of hydrogen-bond donors (Lipinski definition) is 2. The number of nitro benzene ring substituents is 1. The minimum absolute atomic E-state index is 0.0742. The van der Waals surface area contributed by atoms with Gasteiger partial charge in [0.25, 0.3) is 11.6 Å². The Bertz CT molecular complexity index is 911. The molecule has 1 unspecified atom stereocenters. The van der Waals surface area contributed by atoms with E-state index in [1.807, 2.05) is 18.2 Å². The number of amides is 2. The summed E-state index contributed by atoms with van der Waals surface area (Å²) in [6, 6.07) is 15.6. The van der Waals surface area contributed by atoms with Crippen LogP contribution in [0.2, 0.25) is 0 Å². The van der Waals surface area contributed by atoms with E-state index in [0.29, 0.717) is 12.5 Å². The van der Waals surface area contributed by atoms with Crippen molar-refractivity contribution in [3.8, 4) is 0 Å². The molecule has 8 heteroatoms. The van der Waals surface area contributed by atoms with Gasteiger partial charge in [-0.05, 0) is 43.5 Å². The fourth-order valence-electron chi connectivity index (χ4n) is 3.77. The van der Waals surface area contributed by atoms with Crippen LogP contribution in [0.25, 0.3) is 0 Å². The van der Waals surface area contributed by atoms with Crippen LogP contribution in [0.5, 0.6) is 0 Å². The third-order valence-corrected chi connectivity index (χ3v) is 5.66. The first-order valence-electron chi connectivity index (χ1n) is 10.5. The second kappa shape index (κ2) is 10.7. The van der Waals surface area contributed by atoms with Gasteiger partial charge in [-0.3, -0.25) is 24.6 Å². The van der Waals surface area contributed by atoms with Crippen molar-refractivity contribution in [1.29, 1.82) is 0 Å². The van der Waals surface area contributed by atoms with Crippen LogP contribution >= 0.6 is 0 Å². The summed E-state index contributed by atoms with van der Waals surface area (Å²) in [6.07, 6.45) is 2.27. The van der Waals surface area contributed by atoms with Crippen molar-refractivity contribution in [1.82, 2.24) is 15.5 Å². The number of benzene rings is 2. The summed E-state index contributed by atoms with van der Waals surface area (Å²) in [5.41, 5.74) is 1.13. The summed E-state index contributed by atoms with van der Waals surface area (Å²) in [4.78, 5) is 37.3. The topological polar surface area (TPSA) is 105 Å². The minimum Gasteiger partial charge on any atom is -0.353 e. The highest BCUT2D eigenvalue weighted by Crippen LogP contribution is 2.26. The third kappa shape index (κ3) is 6.36. The maximum absolute atomic E-state index is 12.4. The highest BCUT2D eigenvalue weighted by atomic mass is 16.6. The number of likely N-dealkylation sites (tertiary alicyclic amines) is 1. The van der Waals surface area contributed by atoms with E-state index in [1.165, 1.54) is 24.3 Å². The zero-order chi connectivity index (χ0) is 22.2. The number of carbonyl (C=O) groups excluding carboxylic acids is 2. The lowest BCUT2D eigenvalue weighted by Gasteiger charge is -2.37. The lowest BCUT2D eigenvalue weighted by atomic mass is 9.95. The van der Waals surface area contributed by atoms with Crippen molar-refractivity contribution < 1.29 is 14.5 Å². The Morgan fingerprint density at radius 1 is 1.10 bits per heavy atom. The molecule has 1 aliphatic rings. The van der Waals surface area contributed by atoms with E-state index < -0.39 is 10.8 Å². The van der Waals surface area contributed by atoms with Gasteiger partial charge in [0.1, 0.15) is 0 Å². The highest BCUT2D eigenvalue weighted by Gasteiger charge is 2.25. The largest absolute Gasteiger partial charge is 0.353 e. The van der Waals surface area contributed by atoms with Crippen LogP contribution in [0.3, 0.4) is 0 Å². The van der Waals surface area contributed by atoms with Gasteiger partial charge in [0, 0.05) is 24.2 Å². The van der Waals surface area contributed by atoms with E-state index in [9.17, 15) is 19.7 Å². The number of non-ortho nitro benzene ring substituents is 1. The molecule has 1 aliphatic heterocycles. The van der Waals surface area contributed by atoms with Gasteiger partial charge in [0.2, 0.25) is 5.91 Å². The molecule has 0 aliphatic carbocycles. The van der Waals surface area contributed by atoms with Crippen molar-refractivity contribution in [2.75, 3.05) is 26.2 Å². The van der Waals surface area contributed by atoms with Gasteiger partial charge in [0.05, 0.1) is 17.5 Å². The van der Waals surface area contributed by atoms with E-state index in [4.69, 9.17) is 0 Å². The van der Waals surface area contributed by atoms with Crippen LogP contribution in [0, 0.1) is 16.0 Å². The second-order valence-electron chi connectivity index (χ2n) is 7.94. The number of piperidine rings is 1. The molecular formula is C23H28N4O4. The van der Waals surface area contributed by atoms with E-state index >= 15 is 0 Å². The van der Waals surface area contributed by atoms with Crippen molar-refractivity contribution in [3.63, 3.8) is 0 Å². The van der Waals surface area contributed by atoms with Gasteiger partial charge in [-0.2, -0.15) is 0 Å². The number of nitrogens with zero attached hydrogens (tertiary/aromatic N) is 2. The molecule has 0 radical (unpaired) electrons. The second-order valence-corrected chi connectivity index (χ2v) is 7.94. The fourth-order valence-corrected chi connectivity index (χ4v) is 3.77. The molecule has 0 bridgehead atoms. The molecule has 0 spiro atoms. The summed E-state index contributed by atoms with van der Waals surface area (Å²) in [5.74, 6) is -0.111. The van der Waals surface area contributed by atoms with Crippen LogP contribution in [0.4, 0.5) is 5.69 Å². The van der Waals surface area contributed by atoms with Crippen molar-refractivity contribution in [2.45, 2.75) is 25.8 Å². The Balaban J connectivity index is 1.55. The molecule has 1 fully saturated rings. The van der Waals surface area contributed by atoms with Crippen LogP contribution in [-0.2, 0) is 4.79 Å². The van der Waals surface area contributed by atoms with Crippen LogP contribution in [-0.4, -0.2) is 47.8 Å². The molecule has 1 saturated heterocycles. The zero-order valence-electron chi connectivity index (χ0n) is 17.6. The summed E-state index contributed by atoms with van der Waals surface area (Å²) < 4.78 is 0. The van der Waals surface area contributed by atoms with Gasteiger partial charge in [-0.15, -0.1) is 0 Å². The van der Waals surface area contributed by atoms with E-state index in [1.54, 1.807) is 0 Å². The van der Waals surface area contributed by atoms with Gasteiger partial charge in [-0.25, -0.2) is 0 Å². The summed E-state index contributed by atoms with van der Waals surface area (Å²) in [6.45, 7) is 4.49. The van der Waals surface area contributed by atoms with Crippen molar-refractivity contribution >= 4 is 17.5 Å². The first-order chi connectivity index (χ1) is 14.9. The van der Waals surface area contributed by atoms with Gasteiger partial charge < -0.3 is 10.6 Å². The summed E-state index contributed by atoms with van der Waals surface area (Å²) >= 11 is 0. The predicted octanol–water partition coefficient (Wildman–Crippen LogP) is 2.91. The van der Waals surface area contributed by atoms with E-state index in [2.05, 4.69) is 34.6 Å². The smallest absolute Gasteiger partial charge is 0.270 e. The number of rotatable bonds is 8. The molecule has 1 heterocycles. The number of nitrogens with one attached hydrogen (secondary N) is 2. The van der Waals surface area contributed by atoms with E-state index in [-0.39, 0.29) is 29.7 Å². The Labute approximate surface area is 181 Å².